The molecule has 8 nitrogen and oxygen atoms in total. The first-order valence-electron chi connectivity index (χ1n) is 12.8. The maximum Gasteiger partial charge on any atom is 0.323 e. The molecule has 0 bridgehead atoms. The summed E-state index contributed by atoms with van der Waals surface area (Å²) in [6, 6.07) is 20.0. The van der Waals surface area contributed by atoms with Gasteiger partial charge in [-0.25, -0.2) is 4.79 Å². The first-order chi connectivity index (χ1) is 18.4. The SMILES string of the molecule is CCC(C)NC(=O)c1cc(NC(=O)Nc2cccc(Cl)c2)ccc1N1CCN(c2ccccc2OC)CC1. The lowest BCUT2D eigenvalue weighted by Gasteiger charge is -2.38. The standard InChI is InChI=1S/C29H34ClN5O3/c1-4-20(2)31-28(36)24-19-23(33-29(37)32-22-9-7-8-21(30)18-22)12-13-25(24)34-14-16-35(17-15-34)26-10-5-6-11-27(26)38-3/h5-13,18-20H,4,14-17H2,1-3H3,(H,31,36)(H2,32,33,37). The summed E-state index contributed by atoms with van der Waals surface area (Å²) in [4.78, 5) is 30.4. The van der Waals surface area contributed by atoms with Gasteiger partial charge in [0.25, 0.3) is 5.91 Å². The number of urea groups is 1. The number of nitrogens with one attached hydrogen (secondary N) is 3. The van der Waals surface area contributed by atoms with Crippen molar-refractivity contribution in [3.05, 3.63) is 77.3 Å². The van der Waals surface area contributed by atoms with Crippen molar-refractivity contribution in [1.29, 1.82) is 0 Å². The summed E-state index contributed by atoms with van der Waals surface area (Å²) >= 11 is 6.02. The maximum absolute atomic E-state index is 13.3. The predicted octanol–water partition coefficient (Wildman–Crippen LogP) is 5.85. The van der Waals surface area contributed by atoms with Crippen LogP contribution in [0.25, 0.3) is 0 Å². The molecule has 1 atom stereocenters. The molecular formula is C29H34ClN5O3. The second-order valence-electron chi connectivity index (χ2n) is 9.25. The summed E-state index contributed by atoms with van der Waals surface area (Å²) in [6.07, 6.45) is 0.818. The largest absolute Gasteiger partial charge is 0.495 e. The Balaban J connectivity index is 1.52. The molecule has 0 saturated carbocycles. The van der Waals surface area contributed by atoms with E-state index in [0.29, 0.717) is 22.0 Å². The molecule has 0 aliphatic carbocycles. The molecule has 9 heteroatoms. The smallest absolute Gasteiger partial charge is 0.323 e. The molecule has 0 aromatic heterocycles. The third-order valence-corrected chi connectivity index (χ3v) is 6.85. The third-order valence-electron chi connectivity index (χ3n) is 6.62. The van der Waals surface area contributed by atoms with Gasteiger partial charge in [0.05, 0.1) is 18.4 Å². The number of hydrogen-bond donors (Lipinski definition) is 3. The topological polar surface area (TPSA) is 85.9 Å². The van der Waals surface area contributed by atoms with Crippen LogP contribution in [0, 0.1) is 0 Å². The van der Waals surface area contributed by atoms with Crippen molar-refractivity contribution in [3.8, 4) is 5.75 Å². The second kappa shape index (κ2) is 12.6. The minimum Gasteiger partial charge on any atom is -0.495 e. The number of amides is 3. The molecule has 3 N–H and O–H groups in total. The van der Waals surface area contributed by atoms with E-state index in [1.165, 1.54) is 0 Å². The lowest BCUT2D eigenvalue weighted by molar-refractivity contribution is 0.0939. The van der Waals surface area contributed by atoms with E-state index in [4.69, 9.17) is 16.3 Å². The van der Waals surface area contributed by atoms with Crippen molar-refractivity contribution in [2.45, 2.75) is 26.3 Å². The summed E-state index contributed by atoms with van der Waals surface area (Å²) in [6.45, 7) is 7.06. The number of rotatable bonds is 8. The molecular weight excluding hydrogens is 502 g/mol. The summed E-state index contributed by atoms with van der Waals surface area (Å²) in [5, 5.41) is 9.19. The number of benzene rings is 3. The molecule has 1 aliphatic heterocycles. The molecule has 1 aliphatic rings. The first-order valence-corrected chi connectivity index (χ1v) is 13.2. The molecule has 1 fully saturated rings. The quantitative estimate of drug-likeness (QED) is 0.337. The van der Waals surface area contributed by atoms with Crippen LogP contribution in [0.1, 0.15) is 30.6 Å². The van der Waals surface area contributed by atoms with E-state index in [1.807, 2.05) is 44.2 Å². The van der Waals surface area contributed by atoms with Gasteiger partial charge in [0.15, 0.2) is 0 Å². The fourth-order valence-corrected chi connectivity index (χ4v) is 4.60. The number of carbonyl (C=O) groups excluding carboxylic acids is 2. The van der Waals surface area contributed by atoms with E-state index in [-0.39, 0.29) is 11.9 Å². The van der Waals surface area contributed by atoms with Gasteiger partial charge in [0.1, 0.15) is 5.75 Å². The highest BCUT2D eigenvalue weighted by Gasteiger charge is 2.24. The zero-order valence-electron chi connectivity index (χ0n) is 22.0. The fraction of sp³-hybridized carbons (Fsp3) is 0.310. The molecule has 3 aromatic rings. The number of carbonyl (C=O) groups is 2. The van der Waals surface area contributed by atoms with E-state index in [9.17, 15) is 9.59 Å². The van der Waals surface area contributed by atoms with E-state index >= 15 is 0 Å². The lowest BCUT2D eigenvalue weighted by atomic mass is 10.1. The Morgan fingerprint density at radius 1 is 0.895 bits per heavy atom. The van der Waals surface area contributed by atoms with Crippen LogP contribution < -0.4 is 30.5 Å². The summed E-state index contributed by atoms with van der Waals surface area (Å²) in [7, 11) is 1.68. The van der Waals surface area contributed by atoms with Gasteiger partial charge in [-0.05, 0) is 61.9 Å². The number of methoxy groups -OCH3 is 1. The lowest BCUT2D eigenvalue weighted by Crippen LogP contribution is -2.47. The van der Waals surface area contributed by atoms with Crippen LogP contribution in [0.5, 0.6) is 5.75 Å². The fourth-order valence-electron chi connectivity index (χ4n) is 4.41. The molecule has 1 unspecified atom stereocenters. The number of hydrogen-bond acceptors (Lipinski definition) is 5. The van der Waals surface area contributed by atoms with Crippen molar-refractivity contribution in [2.24, 2.45) is 0 Å². The zero-order valence-corrected chi connectivity index (χ0v) is 22.7. The van der Waals surface area contributed by atoms with Crippen molar-refractivity contribution in [3.63, 3.8) is 0 Å². The van der Waals surface area contributed by atoms with Crippen LogP contribution in [-0.2, 0) is 0 Å². The van der Waals surface area contributed by atoms with Crippen LogP contribution in [-0.4, -0.2) is 51.3 Å². The zero-order chi connectivity index (χ0) is 27.1. The second-order valence-corrected chi connectivity index (χ2v) is 9.69. The van der Waals surface area contributed by atoms with Gasteiger partial charge in [-0.2, -0.15) is 0 Å². The Morgan fingerprint density at radius 2 is 1.55 bits per heavy atom. The first kappa shape index (κ1) is 27.1. The molecule has 3 amide bonds. The van der Waals surface area contributed by atoms with Gasteiger partial charge in [-0.1, -0.05) is 36.7 Å². The Hall–Kier alpha value is -3.91. The highest BCUT2D eigenvalue weighted by molar-refractivity contribution is 6.30. The normalized spacial score (nSPS) is 14.0. The van der Waals surface area contributed by atoms with Crippen LogP contribution in [0.3, 0.4) is 0 Å². The van der Waals surface area contributed by atoms with Gasteiger partial charge >= 0.3 is 6.03 Å². The molecule has 0 radical (unpaired) electrons. The van der Waals surface area contributed by atoms with E-state index in [0.717, 1.165) is 49.7 Å². The van der Waals surface area contributed by atoms with Crippen molar-refractivity contribution in [1.82, 2.24) is 5.32 Å². The van der Waals surface area contributed by atoms with Gasteiger partial charge < -0.3 is 30.5 Å². The monoisotopic (exact) mass is 535 g/mol. The molecule has 3 aromatic carbocycles. The molecule has 1 saturated heterocycles. The molecule has 4 rings (SSSR count). The highest BCUT2D eigenvalue weighted by Crippen LogP contribution is 2.31. The van der Waals surface area contributed by atoms with Crippen LogP contribution in [0.2, 0.25) is 5.02 Å². The minimum absolute atomic E-state index is 0.0282. The predicted molar refractivity (Wildman–Crippen MR) is 155 cm³/mol. The summed E-state index contributed by atoms with van der Waals surface area (Å²) < 4.78 is 5.54. The Bertz CT molecular complexity index is 1280. The van der Waals surface area contributed by atoms with Gasteiger partial charge in [0, 0.05) is 54.3 Å². The van der Waals surface area contributed by atoms with E-state index in [2.05, 4.69) is 31.8 Å². The Kier molecular flexibility index (Phi) is 8.97. The molecule has 1 heterocycles. The van der Waals surface area contributed by atoms with Gasteiger partial charge in [-0.15, -0.1) is 0 Å². The van der Waals surface area contributed by atoms with Crippen molar-refractivity contribution >= 4 is 46.3 Å². The minimum atomic E-state index is -0.418. The number of anilines is 4. The van der Waals surface area contributed by atoms with E-state index < -0.39 is 6.03 Å². The average Bonchev–Trinajstić information content (AvgIpc) is 2.93. The average molecular weight is 536 g/mol. The van der Waals surface area contributed by atoms with Crippen LogP contribution >= 0.6 is 11.6 Å². The number of para-hydroxylation sites is 2. The Labute approximate surface area is 228 Å². The summed E-state index contributed by atoms with van der Waals surface area (Å²) in [5.74, 6) is 0.682. The molecule has 200 valence electrons. The molecule has 38 heavy (non-hydrogen) atoms. The molecule has 0 spiro atoms. The number of ether oxygens (including phenoxy) is 1. The third kappa shape index (κ3) is 6.69. The maximum atomic E-state index is 13.3. The van der Waals surface area contributed by atoms with Gasteiger partial charge in [0.2, 0.25) is 0 Å². The number of nitrogens with zero attached hydrogens (tertiary/aromatic N) is 2. The van der Waals surface area contributed by atoms with Crippen molar-refractivity contribution < 1.29 is 14.3 Å². The highest BCUT2D eigenvalue weighted by atomic mass is 35.5. The number of piperazine rings is 1. The summed E-state index contributed by atoms with van der Waals surface area (Å²) in [5.41, 5.74) is 3.53. The van der Waals surface area contributed by atoms with Crippen molar-refractivity contribution in [2.75, 3.05) is 53.7 Å². The van der Waals surface area contributed by atoms with Crippen LogP contribution in [0.15, 0.2) is 66.7 Å². The number of halogens is 1. The van der Waals surface area contributed by atoms with Gasteiger partial charge in [-0.3, -0.25) is 4.79 Å². The van der Waals surface area contributed by atoms with E-state index in [1.54, 1.807) is 37.4 Å². The van der Waals surface area contributed by atoms with Crippen LogP contribution in [0.4, 0.5) is 27.5 Å². The Morgan fingerprint density at radius 3 is 2.21 bits per heavy atom.